The van der Waals surface area contributed by atoms with Gasteiger partial charge in [0.05, 0.1) is 17.3 Å². The van der Waals surface area contributed by atoms with Crippen molar-refractivity contribution in [2.24, 2.45) is 0 Å². The molecule has 3 heterocycles. The van der Waals surface area contributed by atoms with Crippen molar-refractivity contribution in [3.05, 3.63) is 74.4 Å². The number of carbonyl (C=O) groups is 1. The lowest BCUT2D eigenvalue weighted by Gasteiger charge is -2.21. The Morgan fingerprint density at radius 2 is 2.00 bits per heavy atom. The topological polar surface area (TPSA) is 117 Å². The lowest BCUT2D eigenvalue weighted by atomic mass is 10.2. The van der Waals surface area contributed by atoms with Crippen LogP contribution >= 0.6 is 11.6 Å². The molecule has 0 radical (unpaired) electrons. The molecule has 1 aliphatic rings. The third-order valence-corrected chi connectivity index (χ3v) is 7.75. The number of sulfonamides is 1. The summed E-state index contributed by atoms with van der Waals surface area (Å²) in [5.74, 6) is -0.543. The molecule has 11 heteroatoms. The summed E-state index contributed by atoms with van der Waals surface area (Å²) in [5, 5.41) is 7.07. The van der Waals surface area contributed by atoms with Crippen LogP contribution in [-0.4, -0.2) is 39.9 Å². The molecule has 4 rings (SSSR count). The van der Waals surface area contributed by atoms with Gasteiger partial charge >= 0.3 is 0 Å². The fourth-order valence-electron chi connectivity index (χ4n) is 3.69. The molecule has 1 aromatic carbocycles. The number of nitrogens with zero attached hydrogens (tertiary/aromatic N) is 3. The normalized spacial score (nSPS) is 14.6. The van der Waals surface area contributed by atoms with E-state index in [4.69, 9.17) is 11.6 Å². The molecule has 0 atom stereocenters. The molecule has 1 aliphatic heterocycles. The molecule has 0 saturated heterocycles. The molecule has 2 N–H and O–H groups in total. The highest BCUT2D eigenvalue weighted by atomic mass is 35.5. The lowest BCUT2D eigenvalue weighted by molar-refractivity contribution is 0.102. The second kappa shape index (κ2) is 8.53. The molecule has 0 fully saturated rings. The highest BCUT2D eigenvalue weighted by Crippen LogP contribution is 2.30. The first-order valence-corrected chi connectivity index (χ1v) is 11.8. The average Bonchev–Trinajstić information content (AvgIpc) is 3.01. The molecule has 0 bridgehead atoms. The fourth-order valence-corrected chi connectivity index (χ4v) is 5.93. The van der Waals surface area contributed by atoms with E-state index < -0.39 is 21.5 Å². The predicted octanol–water partition coefficient (Wildman–Crippen LogP) is 2.69. The first-order valence-electron chi connectivity index (χ1n) is 9.99. The fraction of sp³-hybridized carbons (Fsp3) is 0.286. The SMILES string of the molecule is Cc1c[nH]c(=O)c(NC(=O)c2cc3n(n2)CCCN(S(=O)(=O)c2c(C)cccc2Cl)C3)c1. The Kier molecular flexibility index (Phi) is 5.93. The van der Waals surface area contributed by atoms with E-state index in [9.17, 15) is 18.0 Å². The molecule has 0 unspecified atom stereocenters. The van der Waals surface area contributed by atoms with Crippen molar-refractivity contribution in [1.29, 1.82) is 0 Å². The molecule has 32 heavy (non-hydrogen) atoms. The molecule has 0 saturated carbocycles. The Morgan fingerprint density at radius 3 is 2.75 bits per heavy atom. The number of pyridine rings is 1. The van der Waals surface area contributed by atoms with Gasteiger partial charge < -0.3 is 10.3 Å². The summed E-state index contributed by atoms with van der Waals surface area (Å²) in [5.41, 5.74) is 1.75. The van der Waals surface area contributed by atoms with Crippen LogP contribution in [-0.2, 0) is 23.1 Å². The molecule has 0 spiro atoms. The van der Waals surface area contributed by atoms with Crippen LogP contribution in [0.3, 0.4) is 0 Å². The Bertz CT molecular complexity index is 1340. The van der Waals surface area contributed by atoms with Crippen molar-refractivity contribution in [3.8, 4) is 0 Å². The smallest absolute Gasteiger partial charge is 0.276 e. The number of rotatable bonds is 4. The molecular formula is C21H22ClN5O4S. The predicted molar refractivity (Wildman–Crippen MR) is 120 cm³/mol. The number of carbonyl (C=O) groups excluding carboxylic acids is 1. The summed E-state index contributed by atoms with van der Waals surface area (Å²) in [6.07, 6.45) is 2.07. The van der Waals surface area contributed by atoms with Crippen LogP contribution in [0.2, 0.25) is 5.02 Å². The summed E-state index contributed by atoms with van der Waals surface area (Å²) in [6.45, 7) is 4.31. The van der Waals surface area contributed by atoms with Gasteiger partial charge in [-0.15, -0.1) is 0 Å². The van der Waals surface area contributed by atoms with Crippen LogP contribution in [0.1, 0.15) is 33.7 Å². The van der Waals surface area contributed by atoms with Crippen LogP contribution in [0.15, 0.2) is 46.2 Å². The number of fused-ring (bicyclic) bond motifs is 1. The van der Waals surface area contributed by atoms with Gasteiger partial charge in [-0.2, -0.15) is 9.40 Å². The second-order valence-corrected chi connectivity index (χ2v) is 9.98. The number of aromatic nitrogens is 3. The Balaban J connectivity index is 1.61. The van der Waals surface area contributed by atoms with Crippen LogP contribution < -0.4 is 10.9 Å². The summed E-state index contributed by atoms with van der Waals surface area (Å²) in [7, 11) is -3.85. The molecule has 168 valence electrons. The summed E-state index contributed by atoms with van der Waals surface area (Å²) in [4.78, 5) is 27.3. The van der Waals surface area contributed by atoms with Crippen molar-refractivity contribution in [1.82, 2.24) is 19.1 Å². The number of aryl methyl sites for hydroxylation is 3. The zero-order chi connectivity index (χ0) is 23.0. The number of anilines is 1. The van der Waals surface area contributed by atoms with Gasteiger partial charge in [0.15, 0.2) is 5.69 Å². The van der Waals surface area contributed by atoms with Gasteiger partial charge in [-0.05, 0) is 49.6 Å². The Hall–Kier alpha value is -2.95. The van der Waals surface area contributed by atoms with Crippen molar-refractivity contribution in [3.63, 3.8) is 0 Å². The quantitative estimate of drug-likeness (QED) is 0.601. The van der Waals surface area contributed by atoms with E-state index in [-0.39, 0.29) is 27.8 Å². The number of nitrogens with one attached hydrogen (secondary N) is 2. The van der Waals surface area contributed by atoms with Crippen LogP contribution in [0.25, 0.3) is 0 Å². The molecular weight excluding hydrogens is 454 g/mol. The minimum Gasteiger partial charge on any atom is -0.327 e. The van der Waals surface area contributed by atoms with Gasteiger partial charge in [-0.25, -0.2) is 8.42 Å². The van der Waals surface area contributed by atoms with Gasteiger partial charge in [0.2, 0.25) is 10.0 Å². The number of amides is 1. The number of hydrogen-bond acceptors (Lipinski definition) is 5. The molecule has 2 aromatic heterocycles. The standard InChI is InChI=1S/C21H22ClN5O4S/c1-13-9-17(20(28)23-11-13)24-21(29)18-10-15-12-26(7-4-8-27(15)25-18)32(30,31)19-14(2)5-3-6-16(19)22/h3,5-6,9-11H,4,7-8,12H2,1-2H3,(H,23,28)(H,24,29). The zero-order valence-corrected chi connectivity index (χ0v) is 19.1. The highest BCUT2D eigenvalue weighted by molar-refractivity contribution is 7.89. The van der Waals surface area contributed by atoms with E-state index in [1.807, 2.05) is 0 Å². The lowest BCUT2D eigenvalue weighted by Crippen LogP contribution is -2.31. The number of halogens is 1. The van der Waals surface area contributed by atoms with E-state index in [2.05, 4.69) is 15.4 Å². The summed E-state index contributed by atoms with van der Waals surface area (Å²) in [6, 6.07) is 8.08. The average molecular weight is 476 g/mol. The third kappa shape index (κ3) is 4.21. The van der Waals surface area contributed by atoms with Gasteiger partial charge in [0.25, 0.3) is 11.5 Å². The minimum absolute atomic E-state index is 0.0539. The number of benzene rings is 1. The van der Waals surface area contributed by atoms with Crippen LogP contribution in [0.5, 0.6) is 0 Å². The van der Waals surface area contributed by atoms with E-state index in [0.29, 0.717) is 30.8 Å². The van der Waals surface area contributed by atoms with Crippen LogP contribution in [0, 0.1) is 13.8 Å². The van der Waals surface area contributed by atoms with Crippen molar-refractivity contribution in [2.75, 3.05) is 11.9 Å². The summed E-state index contributed by atoms with van der Waals surface area (Å²) < 4.78 is 29.7. The third-order valence-electron chi connectivity index (χ3n) is 5.27. The van der Waals surface area contributed by atoms with Crippen molar-refractivity contribution >= 4 is 33.2 Å². The molecule has 9 nitrogen and oxygen atoms in total. The van der Waals surface area contributed by atoms with Crippen LogP contribution in [0.4, 0.5) is 5.69 Å². The second-order valence-electron chi connectivity index (χ2n) is 7.70. The van der Waals surface area contributed by atoms with Gasteiger partial charge in [0, 0.05) is 19.3 Å². The van der Waals surface area contributed by atoms with E-state index in [1.54, 1.807) is 55.1 Å². The first-order chi connectivity index (χ1) is 15.2. The summed E-state index contributed by atoms with van der Waals surface area (Å²) >= 11 is 6.22. The maximum Gasteiger partial charge on any atom is 0.276 e. The van der Waals surface area contributed by atoms with E-state index in [0.717, 1.165) is 5.56 Å². The minimum atomic E-state index is -3.85. The molecule has 3 aromatic rings. The number of aromatic amines is 1. The number of hydrogen-bond donors (Lipinski definition) is 2. The zero-order valence-electron chi connectivity index (χ0n) is 17.6. The molecule has 0 aliphatic carbocycles. The van der Waals surface area contributed by atoms with E-state index in [1.165, 1.54) is 4.31 Å². The van der Waals surface area contributed by atoms with Gasteiger partial charge in [0.1, 0.15) is 10.6 Å². The van der Waals surface area contributed by atoms with E-state index >= 15 is 0 Å². The monoisotopic (exact) mass is 475 g/mol. The Morgan fingerprint density at radius 1 is 1.22 bits per heavy atom. The maximum absolute atomic E-state index is 13.3. The largest absolute Gasteiger partial charge is 0.327 e. The number of H-pyrrole nitrogens is 1. The van der Waals surface area contributed by atoms with Crippen molar-refractivity contribution < 1.29 is 13.2 Å². The van der Waals surface area contributed by atoms with Gasteiger partial charge in [-0.1, -0.05) is 23.7 Å². The Labute approximate surface area is 190 Å². The maximum atomic E-state index is 13.3. The van der Waals surface area contributed by atoms with Gasteiger partial charge in [-0.3, -0.25) is 14.3 Å². The highest BCUT2D eigenvalue weighted by Gasteiger charge is 2.31. The molecule has 1 amide bonds. The first kappa shape index (κ1) is 22.3. The van der Waals surface area contributed by atoms with Crippen molar-refractivity contribution in [2.45, 2.75) is 38.3 Å².